The van der Waals surface area contributed by atoms with Crippen LogP contribution in [0.5, 0.6) is 0 Å². The largest absolute Gasteiger partial charge is 0.465 e. The van der Waals surface area contributed by atoms with Crippen LogP contribution in [0, 0.1) is 12.3 Å². The molecule has 2 aromatic rings. The Morgan fingerprint density at radius 3 is 2.75 bits per heavy atom. The molecule has 0 saturated carbocycles. The summed E-state index contributed by atoms with van der Waals surface area (Å²) in [6.45, 7) is 1.67. The van der Waals surface area contributed by atoms with Gasteiger partial charge in [-0.05, 0) is 25.1 Å². The van der Waals surface area contributed by atoms with E-state index in [1.807, 2.05) is 11.4 Å². The van der Waals surface area contributed by atoms with E-state index in [2.05, 4.69) is 9.97 Å². The molecule has 0 aliphatic heterocycles. The topological polar surface area (TPSA) is 99.0 Å². The molecule has 7 heteroatoms. The first-order valence-electron chi connectivity index (χ1n) is 5.66. The Labute approximate surface area is 120 Å². The van der Waals surface area contributed by atoms with Crippen LogP contribution >= 0.6 is 11.6 Å². The fourth-order valence-corrected chi connectivity index (χ4v) is 1.85. The minimum Gasteiger partial charge on any atom is -0.465 e. The molecule has 102 valence electrons. The third kappa shape index (κ3) is 3.30. The molecule has 0 aliphatic rings. The molecule has 0 bridgehead atoms. The van der Waals surface area contributed by atoms with Gasteiger partial charge in [-0.15, -0.1) is 0 Å². The molecule has 2 rings (SSSR count). The van der Waals surface area contributed by atoms with Crippen molar-refractivity contribution in [1.82, 2.24) is 15.3 Å². The van der Waals surface area contributed by atoms with Crippen LogP contribution in [0.2, 0.25) is 5.02 Å². The molecular formula is C13H11ClN4O2. The summed E-state index contributed by atoms with van der Waals surface area (Å²) in [5.41, 5.74) is 1.55. The highest BCUT2D eigenvalue weighted by molar-refractivity contribution is 6.30. The van der Waals surface area contributed by atoms with E-state index in [0.29, 0.717) is 16.5 Å². The molecule has 0 aliphatic carbocycles. The molecule has 0 spiro atoms. The zero-order valence-electron chi connectivity index (χ0n) is 10.5. The van der Waals surface area contributed by atoms with E-state index in [1.54, 1.807) is 25.1 Å². The second kappa shape index (κ2) is 5.66. The number of carbonyl (C=O) groups is 1. The number of hydrogen-bond acceptors (Lipinski definition) is 4. The second-order valence-corrected chi connectivity index (χ2v) is 4.44. The van der Waals surface area contributed by atoms with E-state index >= 15 is 0 Å². The molecule has 1 aromatic heterocycles. The van der Waals surface area contributed by atoms with Crippen LogP contribution in [-0.4, -0.2) is 27.0 Å². The molecule has 0 fully saturated rings. The van der Waals surface area contributed by atoms with E-state index in [-0.39, 0.29) is 11.5 Å². The molecule has 0 atom stereocenters. The van der Waals surface area contributed by atoms with Crippen LogP contribution < -0.4 is 5.32 Å². The summed E-state index contributed by atoms with van der Waals surface area (Å²) in [5, 5.41) is 18.8. The van der Waals surface area contributed by atoms with Crippen LogP contribution in [0.3, 0.4) is 0 Å². The Hall–Kier alpha value is -2.47. The molecule has 1 amide bonds. The first kappa shape index (κ1) is 14.0. The number of aryl methyl sites for hydroxylation is 1. The van der Waals surface area contributed by atoms with Gasteiger partial charge >= 0.3 is 6.09 Å². The fourth-order valence-electron chi connectivity index (χ4n) is 1.66. The summed E-state index contributed by atoms with van der Waals surface area (Å²) >= 11 is 5.93. The van der Waals surface area contributed by atoms with Crippen molar-refractivity contribution < 1.29 is 9.90 Å². The van der Waals surface area contributed by atoms with E-state index in [1.165, 1.54) is 6.07 Å². The van der Waals surface area contributed by atoms with Crippen molar-refractivity contribution in [2.45, 2.75) is 6.92 Å². The van der Waals surface area contributed by atoms with Crippen molar-refractivity contribution in [1.29, 1.82) is 5.41 Å². The van der Waals surface area contributed by atoms with E-state index in [9.17, 15) is 4.79 Å². The van der Waals surface area contributed by atoms with Crippen molar-refractivity contribution in [2.75, 3.05) is 0 Å². The fraction of sp³-hybridized carbons (Fsp3) is 0.0769. The summed E-state index contributed by atoms with van der Waals surface area (Å²) < 4.78 is 0. The smallest absolute Gasteiger partial charge is 0.410 e. The van der Waals surface area contributed by atoms with Crippen molar-refractivity contribution in [3.63, 3.8) is 0 Å². The number of aromatic nitrogens is 2. The number of benzene rings is 1. The van der Waals surface area contributed by atoms with Gasteiger partial charge in [0.1, 0.15) is 11.5 Å². The van der Waals surface area contributed by atoms with Crippen LogP contribution in [0.1, 0.15) is 11.5 Å². The monoisotopic (exact) mass is 290 g/mol. The molecule has 0 unspecified atom stereocenters. The van der Waals surface area contributed by atoms with Gasteiger partial charge in [-0.25, -0.2) is 14.8 Å². The van der Waals surface area contributed by atoms with Crippen LogP contribution in [0.25, 0.3) is 11.3 Å². The maximum atomic E-state index is 10.6. The summed E-state index contributed by atoms with van der Waals surface area (Å²) in [6.07, 6.45) is -1.31. The van der Waals surface area contributed by atoms with Gasteiger partial charge in [0, 0.05) is 10.6 Å². The van der Waals surface area contributed by atoms with Gasteiger partial charge in [0.2, 0.25) is 0 Å². The van der Waals surface area contributed by atoms with Crippen molar-refractivity contribution in [3.05, 3.63) is 46.9 Å². The van der Waals surface area contributed by atoms with E-state index < -0.39 is 6.09 Å². The van der Waals surface area contributed by atoms with Gasteiger partial charge < -0.3 is 5.11 Å². The molecule has 3 N–H and O–H groups in total. The molecule has 0 radical (unpaired) electrons. The van der Waals surface area contributed by atoms with Crippen LogP contribution in [0.4, 0.5) is 4.79 Å². The van der Waals surface area contributed by atoms with Gasteiger partial charge in [0.25, 0.3) is 0 Å². The van der Waals surface area contributed by atoms with Gasteiger partial charge in [-0.1, -0.05) is 23.7 Å². The average Bonchev–Trinajstić information content (AvgIpc) is 2.37. The SMILES string of the molecule is Cc1nc(C(=N)NC(=O)O)cc(-c2cccc(Cl)c2)n1. The standard InChI is InChI=1S/C13H11ClN4O2/c1-7-16-10(8-3-2-4-9(14)5-8)6-11(17-7)12(15)18-13(19)20/h2-6H,1H3,(H2,15,18)(H,19,20). The number of nitrogens with zero attached hydrogens (tertiary/aromatic N) is 2. The number of nitrogens with one attached hydrogen (secondary N) is 2. The molecule has 6 nitrogen and oxygen atoms in total. The van der Waals surface area contributed by atoms with Crippen molar-refractivity contribution in [3.8, 4) is 11.3 Å². The molecule has 20 heavy (non-hydrogen) atoms. The Morgan fingerprint density at radius 1 is 1.35 bits per heavy atom. The lowest BCUT2D eigenvalue weighted by Crippen LogP contribution is -2.29. The number of halogens is 1. The molecule has 1 heterocycles. The summed E-state index contributed by atoms with van der Waals surface area (Å²) in [6, 6.07) is 8.63. The second-order valence-electron chi connectivity index (χ2n) is 4.00. The summed E-state index contributed by atoms with van der Waals surface area (Å²) in [7, 11) is 0. The van der Waals surface area contributed by atoms with Crippen molar-refractivity contribution in [2.24, 2.45) is 0 Å². The quantitative estimate of drug-likeness (QED) is 0.585. The van der Waals surface area contributed by atoms with Crippen LogP contribution in [0.15, 0.2) is 30.3 Å². The maximum absolute atomic E-state index is 10.6. The van der Waals surface area contributed by atoms with Gasteiger partial charge in [0.15, 0.2) is 5.84 Å². The highest BCUT2D eigenvalue weighted by atomic mass is 35.5. The lowest BCUT2D eigenvalue weighted by atomic mass is 10.1. The number of carboxylic acid groups (broad SMARTS) is 1. The minimum atomic E-state index is -1.31. The van der Waals surface area contributed by atoms with Gasteiger partial charge in [-0.3, -0.25) is 10.7 Å². The zero-order valence-corrected chi connectivity index (χ0v) is 11.3. The van der Waals surface area contributed by atoms with E-state index in [0.717, 1.165) is 5.56 Å². The average molecular weight is 291 g/mol. The minimum absolute atomic E-state index is 0.204. The van der Waals surface area contributed by atoms with Gasteiger partial charge in [0.05, 0.1) is 5.69 Å². The molecule has 0 saturated heterocycles. The number of amides is 1. The zero-order chi connectivity index (χ0) is 14.7. The Bertz CT molecular complexity index is 688. The summed E-state index contributed by atoms with van der Waals surface area (Å²) in [4.78, 5) is 18.9. The highest BCUT2D eigenvalue weighted by Gasteiger charge is 2.10. The third-order valence-corrected chi connectivity index (χ3v) is 2.68. The first-order valence-corrected chi connectivity index (χ1v) is 6.04. The van der Waals surface area contributed by atoms with Gasteiger partial charge in [-0.2, -0.15) is 0 Å². The summed E-state index contributed by atoms with van der Waals surface area (Å²) in [5.74, 6) is 0.140. The Balaban J connectivity index is 2.43. The first-order chi connectivity index (χ1) is 9.45. The third-order valence-electron chi connectivity index (χ3n) is 2.45. The number of amidine groups is 1. The van der Waals surface area contributed by atoms with Crippen LogP contribution in [-0.2, 0) is 0 Å². The Kier molecular flexibility index (Phi) is 3.95. The Morgan fingerprint density at radius 2 is 2.10 bits per heavy atom. The lowest BCUT2D eigenvalue weighted by Gasteiger charge is -2.07. The molecular weight excluding hydrogens is 280 g/mol. The maximum Gasteiger partial charge on any atom is 0.410 e. The highest BCUT2D eigenvalue weighted by Crippen LogP contribution is 2.21. The lowest BCUT2D eigenvalue weighted by molar-refractivity contribution is 0.200. The molecule has 1 aromatic carbocycles. The van der Waals surface area contributed by atoms with E-state index in [4.69, 9.17) is 22.1 Å². The predicted molar refractivity (Wildman–Crippen MR) is 75.2 cm³/mol. The number of rotatable bonds is 2. The predicted octanol–water partition coefficient (Wildman–Crippen LogP) is 2.70. The number of hydrogen-bond donors (Lipinski definition) is 3. The van der Waals surface area contributed by atoms with Crippen molar-refractivity contribution >= 4 is 23.5 Å². The normalized spacial score (nSPS) is 10.1.